The van der Waals surface area contributed by atoms with Gasteiger partial charge in [-0.1, -0.05) is 0 Å². The van der Waals surface area contributed by atoms with Gasteiger partial charge >= 0.3 is 35.5 Å². The average Bonchev–Trinajstić information content (AvgIpc) is 2.25. The van der Waals surface area contributed by atoms with Gasteiger partial charge in [0.15, 0.2) is 0 Å². The van der Waals surface area contributed by atoms with Crippen LogP contribution in [0.5, 0.6) is 0 Å². The van der Waals surface area contributed by atoms with Crippen molar-refractivity contribution < 1.29 is 40.2 Å². The van der Waals surface area contributed by atoms with Crippen LogP contribution in [0.3, 0.4) is 0 Å². The fourth-order valence-electron chi connectivity index (χ4n) is 0.929. The molecule has 0 heterocycles. The topological polar surface area (TPSA) is 148 Å². The molecule has 98 valence electrons. The van der Waals surface area contributed by atoms with Crippen molar-refractivity contribution in [2.24, 2.45) is 0 Å². The number of rotatable bonds is 8. The molecule has 0 aliphatic heterocycles. The van der Waals surface area contributed by atoms with Gasteiger partial charge < -0.3 is 35.4 Å². The van der Waals surface area contributed by atoms with E-state index in [0.29, 0.717) is 0 Å². The Morgan fingerprint density at radius 2 is 1.53 bits per heavy atom. The number of carboxylic acids is 1. The molecule has 4 atom stereocenters. The van der Waals surface area contributed by atoms with E-state index in [1.165, 1.54) is 0 Å². The molecule has 0 saturated heterocycles. The van der Waals surface area contributed by atoms with Crippen LogP contribution in [0.2, 0.25) is 0 Å². The molecule has 0 aliphatic rings. The van der Waals surface area contributed by atoms with Crippen molar-refractivity contribution in [3.05, 3.63) is 0 Å². The summed E-state index contributed by atoms with van der Waals surface area (Å²) in [7, 11) is 0. The van der Waals surface area contributed by atoms with Crippen LogP contribution in [0.25, 0.3) is 0 Å². The first-order chi connectivity index (χ1) is 7.40. The molecule has 0 aromatic heterocycles. The third-order valence-corrected chi connectivity index (χ3v) is 1.84. The normalized spacial score (nSPS) is 17.7. The van der Waals surface area contributed by atoms with Gasteiger partial charge in [-0.2, -0.15) is 0 Å². The molecule has 0 aliphatic carbocycles. The SMILES string of the molecule is O=C(O)COC[C@H](O)[C@@H](O)[C@H](O)[C@H](O)CO.[NaH]. The summed E-state index contributed by atoms with van der Waals surface area (Å²) in [5, 5.41) is 53.3. The second-order valence-corrected chi connectivity index (χ2v) is 3.21. The Bertz CT molecular complexity index is 214. The number of hydrogen-bond donors (Lipinski definition) is 6. The van der Waals surface area contributed by atoms with Gasteiger partial charge in [-0.05, 0) is 0 Å². The van der Waals surface area contributed by atoms with Crippen molar-refractivity contribution in [2.75, 3.05) is 19.8 Å². The van der Waals surface area contributed by atoms with Crippen LogP contribution in [-0.2, 0) is 9.53 Å². The molecule has 0 bridgehead atoms. The predicted octanol–water partition coefficient (Wildman–Crippen LogP) is -4.12. The van der Waals surface area contributed by atoms with Crippen LogP contribution in [0.1, 0.15) is 0 Å². The summed E-state index contributed by atoms with van der Waals surface area (Å²) >= 11 is 0. The van der Waals surface area contributed by atoms with Crippen LogP contribution in [0.15, 0.2) is 0 Å². The first-order valence-electron chi connectivity index (χ1n) is 4.52. The molecule has 0 rings (SSSR count). The van der Waals surface area contributed by atoms with Crippen LogP contribution < -0.4 is 0 Å². The van der Waals surface area contributed by atoms with Crippen molar-refractivity contribution >= 4 is 35.5 Å². The first kappa shape index (κ1) is 19.6. The van der Waals surface area contributed by atoms with Crippen LogP contribution in [-0.4, -0.2) is 110 Å². The summed E-state index contributed by atoms with van der Waals surface area (Å²) in [5.74, 6) is -1.24. The average molecular weight is 264 g/mol. The zero-order valence-electron chi connectivity index (χ0n) is 8.43. The summed E-state index contributed by atoms with van der Waals surface area (Å²) in [5.41, 5.74) is 0. The van der Waals surface area contributed by atoms with Gasteiger partial charge in [-0.25, -0.2) is 4.79 Å². The summed E-state index contributed by atoms with van der Waals surface area (Å²) < 4.78 is 4.48. The molecule has 8 nitrogen and oxygen atoms in total. The van der Waals surface area contributed by atoms with Gasteiger partial charge in [0, 0.05) is 0 Å². The zero-order valence-corrected chi connectivity index (χ0v) is 8.43. The molecule has 0 aromatic rings. The van der Waals surface area contributed by atoms with Crippen LogP contribution in [0, 0.1) is 0 Å². The molecular weight excluding hydrogens is 247 g/mol. The van der Waals surface area contributed by atoms with E-state index >= 15 is 0 Å². The van der Waals surface area contributed by atoms with Crippen LogP contribution in [0.4, 0.5) is 0 Å². The van der Waals surface area contributed by atoms with Crippen molar-refractivity contribution in [3.8, 4) is 0 Å². The van der Waals surface area contributed by atoms with Crippen LogP contribution >= 0.6 is 0 Å². The van der Waals surface area contributed by atoms with E-state index in [1.807, 2.05) is 0 Å². The Morgan fingerprint density at radius 3 is 1.94 bits per heavy atom. The van der Waals surface area contributed by atoms with Crippen molar-refractivity contribution in [3.63, 3.8) is 0 Å². The van der Waals surface area contributed by atoms with Gasteiger partial charge in [-0.15, -0.1) is 0 Å². The van der Waals surface area contributed by atoms with Gasteiger partial charge in [0.1, 0.15) is 31.0 Å². The fraction of sp³-hybridized carbons (Fsp3) is 0.875. The Hall–Kier alpha value is 0.230. The molecule has 0 saturated carbocycles. The Morgan fingerprint density at radius 1 is 1.06 bits per heavy atom. The number of carboxylic acid groups (broad SMARTS) is 1. The van der Waals surface area contributed by atoms with Crippen molar-refractivity contribution in [1.29, 1.82) is 0 Å². The summed E-state index contributed by atoms with van der Waals surface area (Å²) in [6.07, 6.45) is -6.64. The Labute approximate surface area is 120 Å². The van der Waals surface area contributed by atoms with E-state index in [0.717, 1.165) is 0 Å². The molecular formula is C8H17NaO8. The minimum absolute atomic E-state index is 0. The summed E-state index contributed by atoms with van der Waals surface area (Å²) in [6.45, 7) is -1.94. The number of ether oxygens (including phenoxy) is 1. The van der Waals surface area contributed by atoms with E-state index in [2.05, 4.69) is 4.74 Å². The van der Waals surface area contributed by atoms with Gasteiger partial charge in [-0.3, -0.25) is 0 Å². The van der Waals surface area contributed by atoms with E-state index in [4.69, 9.17) is 15.3 Å². The summed E-state index contributed by atoms with van der Waals surface area (Å²) in [4.78, 5) is 10.0. The third-order valence-electron chi connectivity index (χ3n) is 1.84. The Balaban J connectivity index is 0. The molecule has 0 radical (unpaired) electrons. The minimum atomic E-state index is -1.74. The summed E-state index contributed by atoms with van der Waals surface area (Å²) in [6, 6.07) is 0. The van der Waals surface area contributed by atoms with E-state index in [1.54, 1.807) is 0 Å². The van der Waals surface area contributed by atoms with Crippen molar-refractivity contribution in [1.82, 2.24) is 0 Å². The molecule has 0 spiro atoms. The second kappa shape index (κ2) is 10.2. The number of aliphatic hydroxyl groups excluding tert-OH is 5. The molecule has 0 amide bonds. The molecule has 0 fully saturated rings. The maximum atomic E-state index is 10.0. The number of aliphatic carboxylic acids is 1. The van der Waals surface area contributed by atoms with Gasteiger partial charge in [0.05, 0.1) is 13.2 Å². The van der Waals surface area contributed by atoms with Gasteiger partial charge in [0.2, 0.25) is 0 Å². The molecule has 0 aromatic carbocycles. The monoisotopic (exact) mass is 264 g/mol. The number of carbonyl (C=O) groups is 1. The Kier molecular flexibility index (Phi) is 11.7. The van der Waals surface area contributed by atoms with Crippen molar-refractivity contribution in [2.45, 2.75) is 24.4 Å². The van der Waals surface area contributed by atoms with E-state index < -0.39 is 50.2 Å². The molecule has 6 N–H and O–H groups in total. The van der Waals surface area contributed by atoms with E-state index in [-0.39, 0.29) is 29.6 Å². The maximum absolute atomic E-state index is 10.0. The standard InChI is InChI=1S/C8H16O8.Na.H/c9-1-4(10)7(14)8(15)5(11)2-16-3-6(12)13;;/h4-5,7-11,14-15H,1-3H2,(H,12,13);;/t4-,5+,7-,8-;;/m1../s1. The van der Waals surface area contributed by atoms with Gasteiger partial charge in [0.25, 0.3) is 0 Å². The number of aliphatic hydroxyl groups is 5. The first-order valence-corrected chi connectivity index (χ1v) is 4.52. The molecule has 17 heavy (non-hydrogen) atoms. The predicted molar refractivity (Wildman–Crippen MR) is 56.7 cm³/mol. The third kappa shape index (κ3) is 8.03. The number of hydrogen-bond acceptors (Lipinski definition) is 7. The quantitative estimate of drug-likeness (QED) is 0.242. The zero-order chi connectivity index (χ0) is 12.7. The fourth-order valence-corrected chi connectivity index (χ4v) is 0.929. The molecule has 0 unspecified atom stereocenters. The van der Waals surface area contributed by atoms with E-state index in [9.17, 15) is 20.1 Å². The second-order valence-electron chi connectivity index (χ2n) is 3.21. The molecule has 9 heteroatoms.